The molecule has 0 spiro atoms. The predicted molar refractivity (Wildman–Crippen MR) is 107 cm³/mol. The van der Waals surface area contributed by atoms with E-state index in [2.05, 4.69) is 52.7 Å². The van der Waals surface area contributed by atoms with Crippen LogP contribution in [0, 0.1) is 0 Å². The Kier molecular flexibility index (Phi) is 4.48. The molecule has 0 atom stereocenters. The van der Waals surface area contributed by atoms with Gasteiger partial charge in [-0.05, 0) is 25.0 Å². The molecule has 1 aliphatic rings. The number of nitrogens with zero attached hydrogens (tertiary/aromatic N) is 4. The van der Waals surface area contributed by atoms with Crippen molar-refractivity contribution in [3.05, 3.63) is 29.3 Å². The highest BCUT2D eigenvalue weighted by molar-refractivity contribution is 7.15. The zero-order valence-corrected chi connectivity index (χ0v) is 16.2. The lowest BCUT2D eigenvalue weighted by Gasteiger charge is -2.15. The molecule has 0 bridgehead atoms. The average molecular weight is 369 g/mol. The predicted octanol–water partition coefficient (Wildman–Crippen LogP) is 4.88. The number of anilines is 3. The van der Waals surface area contributed by atoms with Crippen LogP contribution in [0.1, 0.15) is 51.5 Å². The lowest BCUT2D eigenvalue weighted by atomic mass is 9.98. The first-order valence-corrected chi connectivity index (χ1v) is 9.95. The summed E-state index contributed by atoms with van der Waals surface area (Å²) in [5, 5.41) is 18.2. The molecule has 0 saturated heterocycles. The van der Waals surface area contributed by atoms with E-state index in [1.54, 1.807) is 11.3 Å². The van der Waals surface area contributed by atoms with Crippen LogP contribution in [0.2, 0.25) is 0 Å². The minimum Gasteiger partial charge on any atom is -0.367 e. The number of nitrogens with one attached hydrogen (secondary N) is 2. The van der Waals surface area contributed by atoms with Gasteiger partial charge in [-0.15, -0.1) is 10.2 Å². The summed E-state index contributed by atoms with van der Waals surface area (Å²) in [6, 6.07) is 8.61. The Morgan fingerprint density at radius 3 is 2.54 bits per heavy atom. The third-order valence-electron chi connectivity index (χ3n) is 4.58. The maximum absolute atomic E-state index is 4.74. The van der Waals surface area contributed by atoms with E-state index in [1.807, 2.05) is 18.2 Å². The normalized spacial score (nSPS) is 15.5. The zero-order valence-electron chi connectivity index (χ0n) is 15.4. The van der Waals surface area contributed by atoms with Crippen LogP contribution in [0.4, 0.5) is 16.9 Å². The second-order valence-electron chi connectivity index (χ2n) is 7.83. The highest BCUT2D eigenvalue weighted by Gasteiger charge is 2.20. The van der Waals surface area contributed by atoms with E-state index in [4.69, 9.17) is 4.98 Å². The van der Waals surface area contributed by atoms with Crippen LogP contribution in [0.3, 0.4) is 0 Å². The summed E-state index contributed by atoms with van der Waals surface area (Å²) in [5.74, 6) is 1.45. The Morgan fingerprint density at radius 1 is 1.04 bits per heavy atom. The van der Waals surface area contributed by atoms with Gasteiger partial charge in [-0.3, -0.25) is 5.32 Å². The van der Waals surface area contributed by atoms with E-state index in [1.165, 1.54) is 25.7 Å². The fourth-order valence-electron chi connectivity index (χ4n) is 3.18. The minimum atomic E-state index is -0.0168. The molecule has 0 aliphatic heterocycles. The van der Waals surface area contributed by atoms with Crippen LogP contribution in [-0.4, -0.2) is 26.2 Å². The quantitative estimate of drug-likeness (QED) is 0.684. The molecule has 4 rings (SSSR count). The molecule has 1 fully saturated rings. The standard InChI is InChI=1S/C19H24N6S/c1-19(2,3)16-24-25-18(26-16)23-17-21-14-11-7-6-10-13(14)15(22-17)20-12-8-4-5-9-12/h6-7,10-12H,4-5,8-9H2,1-3H3,(H2,20,21,22,23,25). The minimum absolute atomic E-state index is 0.0168. The molecule has 1 aromatic carbocycles. The van der Waals surface area contributed by atoms with Crippen LogP contribution in [-0.2, 0) is 5.41 Å². The fraction of sp³-hybridized carbons (Fsp3) is 0.474. The number of hydrogen-bond donors (Lipinski definition) is 2. The van der Waals surface area contributed by atoms with Crippen molar-refractivity contribution in [2.75, 3.05) is 10.6 Å². The van der Waals surface area contributed by atoms with Gasteiger partial charge in [0.15, 0.2) is 0 Å². The number of benzene rings is 1. The average Bonchev–Trinajstić information content (AvgIpc) is 3.26. The highest BCUT2D eigenvalue weighted by Crippen LogP contribution is 2.31. The van der Waals surface area contributed by atoms with Gasteiger partial charge in [-0.25, -0.2) is 4.98 Å². The van der Waals surface area contributed by atoms with Gasteiger partial charge in [-0.2, -0.15) is 4.98 Å². The van der Waals surface area contributed by atoms with Crippen molar-refractivity contribution in [1.29, 1.82) is 0 Å². The molecule has 1 saturated carbocycles. The van der Waals surface area contributed by atoms with Crippen molar-refractivity contribution in [3.8, 4) is 0 Å². The number of hydrogen-bond acceptors (Lipinski definition) is 7. The summed E-state index contributed by atoms with van der Waals surface area (Å²) in [6.07, 6.45) is 4.97. The van der Waals surface area contributed by atoms with Gasteiger partial charge in [0, 0.05) is 16.8 Å². The number of para-hydroxylation sites is 1. The lowest BCUT2D eigenvalue weighted by Crippen LogP contribution is -2.16. The molecule has 2 aromatic heterocycles. The Hall–Kier alpha value is -2.28. The van der Waals surface area contributed by atoms with Gasteiger partial charge >= 0.3 is 0 Å². The fourth-order valence-corrected chi connectivity index (χ4v) is 3.97. The first-order chi connectivity index (χ1) is 12.5. The molecule has 2 heterocycles. The lowest BCUT2D eigenvalue weighted by molar-refractivity contribution is 0.578. The molecule has 136 valence electrons. The molecular formula is C19H24N6S. The van der Waals surface area contributed by atoms with Crippen LogP contribution in [0.25, 0.3) is 10.9 Å². The van der Waals surface area contributed by atoms with Gasteiger partial charge in [0.2, 0.25) is 11.1 Å². The van der Waals surface area contributed by atoms with Crippen molar-refractivity contribution < 1.29 is 0 Å². The van der Waals surface area contributed by atoms with Crippen molar-refractivity contribution in [3.63, 3.8) is 0 Å². The first kappa shape index (κ1) is 17.1. The van der Waals surface area contributed by atoms with Crippen molar-refractivity contribution >= 4 is 39.1 Å². The number of fused-ring (bicyclic) bond motifs is 1. The van der Waals surface area contributed by atoms with Crippen LogP contribution in [0.5, 0.6) is 0 Å². The molecule has 2 N–H and O–H groups in total. The van der Waals surface area contributed by atoms with Crippen LogP contribution >= 0.6 is 11.3 Å². The molecule has 0 amide bonds. The van der Waals surface area contributed by atoms with Crippen LogP contribution in [0.15, 0.2) is 24.3 Å². The van der Waals surface area contributed by atoms with Gasteiger partial charge in [0.25, 0.3) is 0 Å². The Labute approximate surface area is 157 Å². The molecule has 0 radical (unpaired) electrons. The third-order valence-corrected chi connectivity index (χ3v) is 5.85. The molecule has 6 nitrogen and oxygen atoms in total. The van der Waals surface area contributed by atoms with Gasteiger partial charge < -0.3 is 5.32 Å². The van der Waals surface area contributed by atoms with E-state index in [-0.39, 0.29) is 5.41 Å². The van der Waals surface area contributed by atoms with Crippen LogP contribution < -0.4 is 10.6 Å². The van der Waals surface area contributed by atoms with E-state index in [9.17, 15) is 0 Å². The first-order valence-electron chi connectivity index (χ1n) is 9.13. The zero-order chi connectivity index (χ0) is 18.1. The second kappa shape index (κ2) is 6.79. The summed E-state index contributed by atoms with van der Waals surface area (Å²) < 4.78 is 0. The van der Waals surface area contributed by atoms with E-state index in [0.29, 0.717) is 12.0 Å². The van der Waals surface area contributed by atoms with Crippen molar-refractivity contribution in [2.45, 2.75) is 57.9 Å². The Balaban J connectivity index is 1.65. The van der Waals surface area contributed by atoms with Crippen molar-refractivity contribution in [2.24, 2.45) is 0 Å². The molecule has 3 aromatic rings. The monoisotopic (exact) mass is 368 g/mol. The summed E-state index contributed by atoms with van der Waals surface area (Å²) in [4.78, 5) is 9.39. The van der Waals surface area contributed by atoms with Gasteiger partial charge in [0.05, 0.1) is 5.52 Å². The molecule has 26 heavy (non-hydrogen) atoms. The van der Waals surface area contributed by atoms with E-state index in [0.717, 1.165) is 26.9 Å². The molecule has 0 unspecified atom stereocenters. The number of aromatic nitrogens is 4. The Morgan fingerprint density at radius 2 is 1.81 bits per heavy atom. The number of rotatable bonds is 4. The smallest absolute Gasteiger partial charge is 0.231 e. The van der Waals surface area contributed by atoms with E-state index < -0.39 is 0 Å². The van der Waals surface area contributed by atoms with Gasteiger partial charge in [0.1, 0.15) is 10.8 Å². The highest BCUT2D eigenvalue weighted by atomic mass is 32.1. The SMILES string of the molecule is CC(C)(C)c1nnc(Nc2nc(NC3CCCC3)c3ccccc3n2)s1. The molecular weight excluding hydrogens is 344 g/mol. The Bertz CT molecular complexity index is 908. The molecule has 1 aliphatic carbocycles. The maximum Gasteiger partial charge on any atom is 0.231 e. The topological polar surface area (TPSA) is 75.6 Å². The largest absolute Gasteiger partial charge is 0.367 e. The summed E-state index contributed by atoms with van der Waals surface area (Å²) in [6.45, 7) is 6.40. The van der Waals surface area contributed by atoms with E-state index >= 15 is 0 Å². The van der Waals surface area contributed by atoms with Gasteiger partial charge in [-0.1, -0.05) is 57.1 Å². The second-order valence-corrected chi connectivity index (χ2v) is 8.80. The third kappa shape index (κ3) is 3.62. The summed E-state index contributed by atoms with van der Waals surface area (Å²) >= 11 is 1.55. The maximum atomic E-state index is 4.74. The van der Waals surface area contributed by atoms with Crippen molar-refractivity contribution in [1.82, 2.24) is 20.2 Å². The molecule has 7 heteroatoms. The summed E-state index contributed by atoms with van der Waals surface area (Å²) in [5.41, 5.74) is 0.905. The summed E-state index contributed by atoms with van der Waals surface area (Å²) in [7, 11) is 0.